The van der Waals surface area contributed by atoms with Crippen molar-refractivity contribution < 1.29 is 4.79 Å². The van der Waals surface area contributed by atoms with Gasteiger partial charge in [0.1, 0.15) is 5.82 Å². The highest BCUT2D eigenvalue weighted by atomic mass is 16.1. The van der Waals surface area contributed by atoms with Crippen molar-refractivity contribution >= 4 is 17.5 Å². The molecule has 0 unspecified atom stereocenters. The molecule has 0 radical (unpaired) electrons. The van der Waals surface area contributed by atoms with E-state index in [0.29, 0.717) is 11.6 Å². The molecular formula is C21H25N7O. The Kier molecular flexibility index (Phi) is 5.24. The minimum atomic E-state index is -0.0181. The van der Waals surface area contributed by atoms with Crippen molar-refractivity contribution in [3.63, 3.8) is 0 Å². The first kappa shape index (κ1) is 19.0. The Morgan fingerprint density at radius 2 is 1.76 bits per heavy atom. The van der Waals surface area contributed by atoms with E-state index in [1.54, 1.807) is 10.9 Å². The molecule has 150 valence electrons. The second-order valence-electron chi connectivity index (χ2n) is 7.56. The summed E-state index contributed by atoms with van der Waals surface area (Å²) >= 11 is 0. The standard InChI is InChI=1S/C21H25N7O/c1-14-6-9-22-18(12-14)23-21(29)17-7-10-27(11-8-17)19-4-5-20(25-24-19)28-16(3)13-15(2)26-28/h4-6,9,12-13,17H,7-8,10-11H2,1-3H3,(H,22,23,29). The maximum atomic E-state index is 12.6. The van der Waals surface area contributed by atoms with Crippen LogP contribution in [-0.2, 0) is 4.79 Å². The summed E-state index contributed by atoms with van der Waals surface area (Å²) in [6.45, 7) is 7.48. The van der Waals surface area contributed by atoms with Crippen molar-refractivity contribution in [2.24, 2.45) is 5.92 Å². The van der Waals surface area contributed by atoms with E-state index in [4.69, 9.17) is 0 Å². The topological polar surface area (TPSA) is 88.8 Å². The lowest BCUT2D eigenvalue weighted by Crippen LogP contribution is -2.38. The first-order valence-corrected chi connectivity index (χ1v) is 9.85. The van der Waals surface area contributed by atoms with Gasteiger partial charge in [0.15, 0.2) is 11.6 Å². The summed E-state index contributed by atoms with van der Waals surface area (Å²) in [5.41, 5.74) is 3.06. The Hall–Kier alpha value is -3.29. The molecule has 4 heterocycles. The van der Waals surface area contributed by atoms with Gasteiger partial charge >= 0.3 is 0 Å². The molecule has 0 bridgehead atoms. The fourth-order valence-corrected chi connectivity index (χ4v) is 3.66. The van der Waals surface area contributed by atoms with E-state index in [2.05, 4.69) is 30.5 Å². The number of hydrogen-bond donors (Lipinski definition) is 1. The van der Waals surface area contributed by atoms with Crippen LogP contribution >= 0.6 is 0 Å². The number of hydrogen-bond acceptors (Lipinski definition) is 6. The maximum Gasteiger partial charge on any atom is 0.228 e. The lowest BCUT2D eigenvalue weighted by atomic mass is 9.96. The van der Waals surface area contributed by atoms with Gasteiger partial charge in [-0.2, -0.15) is 5.10 Å². The molecule has 1 saturated heterocycles. The van der Waals surface area contributed by atoms with Crippen molar-refractivity contribution in [1.82, 2.24) is 25.0 Å². The molecule has 1 amide bonds. The van der Waals surface area contributed by atoms with Gasteiger partial charge < -0.3 is 10.2 Å². The summed E-state index contributed by atoms with van der Waals surface area (Å²) in [7, 11) is 0. The predicted molar refractivity (Wildman–Crippen MR) is 111 cm³/mol. The van der Waals surface area contributed by atoms with E-state index in [1.807, 2.05) is 51.1 Å². The molecule has 1 N–H and O–H groups in total. The maximum absolute atomic E-state index is 12.6. The largest absolute Gasteiger partial charge is 0.355 e. The van der Waals surface area contributed by atoms with Crippen molar-refractivity contribution in [3.05, 3.63) is 53.5 Å². The molecule has 8 nitrogen and oxygen atoms in total. The molecular weight excluding hydrogens is 366 g/mol. The van der Waals surface area contributed by atoms with E-state index >= 15 is 0 Å². The van der Waals surface area contributed by atoms with Crippen LogP contribution in [0.1, 0.15) is 29.8 Å². The van der Waals surface area contributed by atoms with Gasteiger partial charge in [0, 0.05) is 30.9 Å². The highest BCUT2D eigenvalue weighted by molar-refractivity contribution is 5.91. The van der Waals surface area contributed by atoms with E-state index < -0.39 is 0 Å². The number of piperidine rings is 1. The van der Waals surface area contributed by atoms with Gasteiger partial charge in [0.2, 0.25) is 5.91 Å². The van der Waals surface area contributed by atoms with Crippen LogP contribution in [0.5, 0.6) is 0 Å². The Morgan fingerprint density at radius 3 is 2.38 bits per heavy atom. The number of anilines is 2. The number of aryl methyl sites for hydroxylation is 3. The monoisotopic (exact) mass is 391 g/mol. The number of aromatic nitrogens is 5. The Morgan fingerprint density at radius 1 is 1.03 bits per heavy atom. The third kappa shape index (κ3) is 4.26. The van der Waals surface area contributed by atoms with E-state index in [0.717, 1.165) is 48.7 Å². The number of pyridine rings is 1. The third-order valence-corrected chi connectivity index (χ3v) is 5.22. The van der Waals surface area contributed by atoms with Crippen LogP contribution in [0.3, 0.4) is 0 Å². The molecule has 0 aliphatic carbocycles. The molecule has 29 heavy (non-hydrogen) atoms. The van der Waals surface area contributed by atoms with Crippen LogP contribution in [0.4, 0.5) is 11.6 Å². The highest BCUT2D eigenvalue weighted by Gasteiger charge is 2.26. The fraction of sp³-hybridized carbons (Fsp3) is 0.381. The average Bonchev–Trinajstić information content (AvgIpc) is 3.06. The molecule has 3 aromatic rings. The molecule has 1 aliphatic rings. The minimum absolute atomic E-state index is 0.0181. The summed E-state index contributed by atoms with van der Waals surface area (Å²) in [6.07, 6.45) is 3.26. The van der Waals surface area contributed by atoms with Gasteiger partial charge in [-0.3, -0.25) is 4.79 Å². The number of carbonyl (C=O) groups excluding carboxylic acids is 1. The lowest BCUT2D eigenvalue weighted by molar-refractivity contribution is -0.120. The van der Waals surface area contributed by atoms with Crippen LogP contribution in [0.15, 0.2) is 36.5 Å². The number of rotatable bonds is 4. The molecule has 3 aromatic heterocycles. The van der Waals surface area contributed by atoms with Gasteiger partial charge in [-0.1, -0.05) is 0 Å². The number of carbonyl (C=O) groups is 1. The van der Waals surface area contributed by atoms with Crippen LogP contribution in [-0.4, -0.2) is 44.0 Å². The molecule has 1 aliphatic heterocycles. The van der Waals surface area contributed by atoms with Crippen molar-refractivity contribution in [3.8, 4) is 5.82 Å². The highest BCUT2D eigenvalue weighted by Crippen LogP contribution is 2.23. The zero-order chi connectivity index (χ0) is 20.4. The predicted octanol–water partition coefficient (Wildman–Crippen LogP) is 2.84. The van der Waals surface area contributed by atoms with Gasteiger partial charge in [0.25, 0.3) is 0 Å². The summed E-state index contributed by atoms with van der Waals surface area (Å²) in [4.78, 5) is 18.9. The summed E-state index contributed by atoms with van der Waals surface area (Å²) in [5.74, 6) is 2.17. The van der Waals surface area contributed by atoms with Crippen molar-refractivity contribution in [2.75, 3.05) is 23.3 Å². The Balaban J connectivity index is 1.35. The van der Waals surface area contributed by atoms with Crippen LogP contribution in [0, 0.1) is 26.7 Å². The van der Waals surface area contributed by atoms with Gasteiger partial charge in [0.05, 0.1) is 5.69 Å². The third-order valence-electron chi connectivity index (χ3n) is 5.22. The van der Waals surface area contributed by atoms with Crippen molar-refractivity contribution in [1.29, 1.82) is 0 Å². The summed E-state index contributed by atoms with van der Waals surface area (Å²) in [6, 6.07) is 9.71. The zero-order valence-electron chi connectivity index (χ0n) is 17.0. The van der Waals surface area contributed by atoms with Crippen LogP contribution in [0.2, 0.25) is 0 Å². The van der Waals surface area contributed by atoms with Crippen LogP contribution in [0.25, 0.3) is 5.82 Å². The normalized spacial score (nSPS) is 14.8. The molecule has 0 saturated carbocycles. The Bertz CT molecular complexity index is 1000. The van der Waals surface area contributed by atoms with Crippen LogP contribution < -0.4 is 10.2 Å². The van der Waals surface area contributed by atoms with Crippen molar-refractivity contribution in [2.45, 2.75) is 33.6 Å². The SMILES string of the molecule is Cc1ccnc(NC(=O)C2CCN(c3ccc(-n4nc(C)cc4C)nn3)CC2)c1. The molecule has 1 fully saturated rings. The average molecular weight is 391 g/mol. The zero-order valence-corrected chi connectivity index (χ0v) is 17.0. The quantitative estimate of drug-likeness (QED) is 0.736. The molecule has 0 atom stereocenters. The lowest BCUT2D eigenvalue weighted by Gasteiger charge is -2.31. The molecule has 0 spiro atoms. The van der Waals surface area contributed by atoms with E-state index in [9.17, 15) is 4.79 Å². The fourth-order valence-electron chi connectivity index (χ4n) is 3.66. The second kappa shape index (κ2) is 7.98. The minimum Gasteiger partial charge on any atom is -0.355 e. The van der Waals surface area contributed by atoms with Gasteiger partial charge in [-0.15, -0.1) is 10.2 Å². The molecule has 4 rings (SSSR count). The molecule has 0 aromatic carbocycles. The smallest absolute Gasteiger partial charge is 0.228 e. The first-order valence-electron chi connectivity index (χ1n) is 9.85. The second-order valence-corrected chi connectivity index (χ2v) is 7.56. The molecule has 8 heteroatoms. The Labute approximate surface area is 170 Å². The summed E-state index contributed by atoms with van der Waals surface area (Å²) in [5, 5.41) is 16.1. The number of nitrogens with zero attached hydrogens (tertiary/aromatic N) is 6. The van der Waals surface area contributed by atoms with E-state index in [-0.39, 0.29) is 11.8 Å². The van der Waals surface area contributed by atoms with E-state index in [1.165, 1.54) is 0 Å². The first-order chi connectivity index (χ1) is 14.0. The number of nitrogens with one attached hydrogen (secondary N) is 1. The summed E-state index contributed by atoms with van der Waals surface area (Å²) < 4.78 is 1.79. The van der Waals surface area contributed by atoms with Gasteiger partial charge in [-0.05, 0) is 69.5 Å². The van der Waals surface area contributed by atoms with Gasteiger partial charge in [-0.25, -0.2) is 9.67 Å². The number of amides is 1.